The number of Topliss-reactive ketones (excluding diaryl/α,β-unsaturated/α-hetero) is 1. The zero-order valence-electron chi connectivity index (χ0n) is 10.2. The van der Waals surface area contributed by atoms with E-state index in [1.807, 2.05) is 13.0 Å². The summed E-state index contributed by atoms with van der Waals surface area (Å²) in [5.41, 5.74) is -0.141. The molecule has 0 saturated heterocycles. The summed E-state index contributed by atoms with van der Waals surface area (Å²) in [6, 6.07) is 7.91. The van der Waals surface area contributed by atoms with Crippen LogP contribution >= 0.6 is 11.3 Å². The summed E-state index contributed by atoms with van der Waals surface area (Å²) in [7, 11) is 0. The van der Waals surface area contributed by atoms with Crippen molar-refractivity contribution >= 4 is 23.1 Å². The van der Waals surface area contributed by atoms with Gasteiger partial charge in [-0.05, 0) is 25.1 Å². The number of aromatic nitrogens is 1. The quantitative estimate of drug-likeness (QED) is 0.369. The fourth-order valence-corrected chi connectivity index (χ4v) is 2.24. The van der Waals surface area contributed by atoms with Gasteiger partial charge in [0.25, 0.3) is 0 Å². The third-order valence-electron chi connectivity index (χ3n) is 2.38. The number of ketones is 1. The number of rotatable bonds is 4. The molecule has 2 rings (SSSR count). The molecule has 0 spiro atoms. The normalized spacial score (nSPS) is 10.2. The van der Waals surface area contributed by atoms with Crippen LogP contribution in [0, 0.1) is 12.1 Å². The van der Waals surface area contributed by atoms with Gasteiger partial charge in [0, 0.05) is 17.0 Å². The van der Waals surface area contributed by atoms with E-state index >= 15 is 0 Å². The summed E-state index contributed by atoms with van der Waals surface area (Å²) in [6.45, 7) is 1.52. The van der Waals surface area contributed by atoms with Crippen LogP contribution in [0.25, 0.3) is 0 Å². The number of thiophene rings is 1. The van der Waals surface area contributed by atoms with Gasteiger partial charge in [-0.15, -0.1) is 11.3 Å². The van der Waals surface area contributed by atoms with E-state index in [2.05, 4.69) is 0 Å². The number of carbonyl (C=O) groups is 2. The lowest BCUT2D eigenvalue weighted by Crippen LogP contribution is -2.35. The summed E-state index contributed by atoms with van der Waals surface area (Å²) in [5.74, 6) is -1.09. The second-order valence-electron chi connectivity index (χ2n) is 3.82. The van der Waals surface area contributed by atoms with E-state index in [9.17, 15) is 14.8 Å². The van der Waals surface area contributed by atoms with Gasteiger partial charge in [0.2, 0.25) is 5.78 Å². The number of pyridine rings is 1. The van der Waals surface area contributed by atoms with Crippen molar-refractivity contribution in [2.45, 2.75) is 6.92 Å². The molecule has 2 heterocycles. The first-order valence-corrected chi connectivity index (χ1v) is 6.34. The van der Waals surface area contributed by atoms with E-state index in [1.165, 1.54) is 29.7 Å². The second kappa shape index (κ2) is 5.62. The second-order valence-corrected chi connectivity index (χ2v) is 5.11. The molecular weight excluding hydrogens is 266 g/mol. The Morgan fingerprint density at radius 3 is 2.74 bits per heavy atom. The van der Waals surface area contributed by atoms with Crippen LogP contribution in [0.4, 0.5) is 0 Å². The van der Waals surface area contributed by atoms with Gasteiger partial charge in [-0.25, -0.2) is 4.79 Å². The number of carbonyl (C=O) groups excluding carboxylic acids is 2. The molecule has 0 aliphatic heterocycles. The van der Waals surface area contributed by atoms with Crippen molar-refractivity contribution in [1.29, 1.82) is 0 Å². The number of esters is 1. The molecule has 0 bridgehead atoms. The van der Waals surface area contributed by atoms with E-state index < -0.39 is 5.97 Å². The van der Waals surface area contributed by atoms with Crippen LogP contribution < -0.4 is 4.73 Å². The van der Waals surface area contributed by atoms with Crippen LogP contribution in [0.3, 0.4) is 0 Å². The maximum absolute atomic E-state index is 11.7. The van der Waals surface area contributed by atoms with Crippen molar-refractivity contribution < 1.29 is 19.1 Å². The molecule has 0 atom stereocenters. The molecule has 0 aliphatic rings. The van der Waals surface area contributed by atoms with Crippen molar-refractivity contribution in [2.75, 3.05) is 6.61 Å². The van der Waals surface area contributed by atoms with Crippen LogP contribution in [0.5, 0.6) is 0 Å². The highest BCUT2D eigenvalue weighted by atomic mass is 32.1. The number of hydrogen-bond donors (Lipinski definition) is 0. The first-order chi connectivity index (χ1) is 9.08. The Morgan fingerprint density at radius 2 is 2.11 bits per heavy atom. The molecule has 0 radical (unpaired) electrons. The van der Waals surface area contributed by atoms with Gasteiger partial charge in [0.1, 0.15) is 0 Å². The third-order valence-corrected chi connectivity index (χ3v) is 3.42. The Labute approximate surface area is 113 Å². The van der Waals surface area contributed by atoms with Crippen LogP contribution in [-0.2, 0) is 4.74 Å². The van der Waals surface area contributed by atoms with Gasteiger partial charge >= 0.3 is 11.7 Å². The number of hydrogen-bond acceptors (Lipinski definition) is 5. The molecular formula is C13H11NO4S. The Balaban J connectivity index is 1.98. The summed E-state index contributed by atoms with van der Waals surface area (Å²) in [6.07, 6.45) is 1.20. The van der Waals surface area contributed by atoms with Gasteiger partial charge < -0.3 is 9.94 Å². The average molecular weight is 277 g/mol. The van der Waals surface area contributed by atoms with Crippen molar-refractivity contribution in [3.05, 3.63) is 57.2 Å². The van der Waals surface area contributed by atoms with Crippen molar-refractivity contribution in [3.8, 4) is 0 Å². The molecule has 2 aromatic rings. The highest BCUT2D eigenvalue weighted by Gasteiger charge is 2.19. The lowest BCUT2D eigenvalue weighted by molar-refractivity contribution is -0.608. The Hall–Kier alpha value is -2.21. The zero-order valence-corrected chi connectivity index (χ0v) is 11.0. The van der Waals surface area contributed by atoms with E-state index in [-0.39, 0.29) is 18.1 Å². The fourth-order valence-electron chi connectivity index (χ4n) is 1.45. The Morgan fingerprint density at radius 1 is 1.32 bits per heavy atom. The van der Waals surface area contributed by atoms with Crippen molar-refractivity contribution in [1.82, 2.24) is 0 Å². The third kappa shape index (κ3) is 3.17. The highest BCUT2D eigenvalue weighted by Crippen LogP contribution is 2.15. The number of aryl methyl sites for hydroxylation is 1. The first kappa shape index (κ1) is 13.2. The molecule has 0 amide bonds. The Bertz CT molecular complexity index is 621. The minimum Gasteiger partial charge on any atom is -0.618 e. The van der Waals surface area contributed by atoms with Crippen molar-refractivity contribution in [2.24, 2.45) is 0 Å². The van der Waals surface area contributed by atoms with Gasteiger partial charge in [0.15, 0.2) is 12.8 Å². The van der Waals surface area contributed by atoms with Crippen LogP contribution in [-0.4, -0.2) is 18.4 Å². The number of ether oxygens (including phenoxy) is 1. The zero-order chi connectivity index (χ0) is 13.8. The molecule has 5 nitrogen and oxygen atoms in total. The van der Waals surface area contributed by atoms with Crippen LogP contribution in [0.15, 0.2) is 36.5 Å². The molecule has 0 aliphatic carbocycles. The van der Waals surface area contributed by atoms with E-state index in [0.29, 0.717) is 9.61 Å². The van der Waals surface area contributed by atoms with Crippen LogP contribution in [0.1, 0.15) is 25.0 Å². The molecule has 0 fully saturated rings. The molecule has 2 aromatic heterocycles. The molecule has 0 saturated carbocycles. The largest absolute Gasteiger partial charge is 0.618 e. The monoisotopic (exact) mass is 277 g/mol. The maximum atomic E-state index is 11.7. The average Bonchev–Trinajstić information content (AvgIpc) is 2.83. The topological polar surface area (TPSA) is 70.3 Å². The first-order valence-electron chi connectivity index (χ1n) is 5.53. The van der Waals surface area contributed by atoms with E-state index in [0.717, 1.165) is 4.88 Å². The lowest BCUT2D eigenvalue weighted by atomic mass is 10.3. The molecule has 98 valence electrons. The van der Waals surface area contributed by atoms with E-state index in [1.54, 1.807) is 12.1 Å². The smallest absolute Gasteiger partial charge is 0.405 e. The standard InChI is InChI=1S/C13H11NO4S/c1-9-5-6-12(19-9)11(15)8-18-13(16)10-4-2-3-7-14(10)17/h2-7H,8H2,1H3. The maximum Gasteiger partial charge on any atom is 0.405 e. The van der Waals surface area contributed by atoms with Crippen LogP contribution in [0.2, 0.25) is 0 Å². The minimum atomic E-state index is -0.808. The molecule has 6 heteroatoms. The molecule has 0 unspecified atom stereocenters. The molecule has 0 aromatic carbocycles. The summed E-state index contributed by atoms with van der Waals surface area (Å²) in [4.78, 5) is 24.9. The summed E-state index contributed by atoms with van der Waals surface area (Å²) >= 11 is 1.34. The number of nitrogens with zero attached hydrogens (tertiary/aromatic N) is 1. The molecule has 0 N–H and O–H groups in total. The minimum absolute atomic E-state index is 0.141. The predicted octanol–water partition coefficient (Wildman–Crippen LogP) is 1.73. The highest BCUT2D eigenvalue weighted by molar-refractivity contribution is 7.14. The summed E-state index contributed by atoms with van der Waals surface area (Å²) < 4.78 is 5.24. The Kier molecular flexibility index (Phi) is 3.91. The fraction of sp³-hybridized carbons (Fsp3) is 0.154. The van der Waals surface area contributed by atoms with Gasteiger partial charge in [0.05, 0.1) is 4.88 Å². The lowest BCUT2D eigenvalue weighted by Gasteiger charge is -2.03. The summed E-state index contributed by atoms with van der Waals surface area (Å²) in [5, 5.41) is 11.3. The van der Waals surface area contributed by atoms with E-state index in [4.69, 9.17) is 4.74 Å². The predicted molar refractivity (Wildman–Crippen MR) is 69.1 cm³/mol. The SMILES string of the molecule is Cc1ccc(C(=O)COC(=O)c2cccc[n+]2[O-])s1. The van der Waals surface area contributed by atoms with Gasteiger partial charge in [-0.2, -0.15) is 4.73 Å². The van der Waals surface area contributed by atoms with Gasteiger partial charge in [-0.3, -0.25) is 4.79 Å². The molecule has 19 heavy (non-hydrogen) atoms. The van der Waals surface area contributed by atoms with Gasteiger partial charge in [-0.1, -0.05) is 0 Å². The van der Waals surface area contributed by atoms with Crippen molar-refractivity contribution in [3.63, 3.8) is 0 Å².